The Kier molecular flexibility index (Phi) is 5.66. The molecule has 0 atom stereocenters. The lowest BCUT2D eigenvalue weighted by molar-refractivity contribution is -0.116. The molecule has 8 nitrogen and oxygen atoms in total. The second-order valence-electron chi connectivity index (χ2n) is 7.82. The predicted octanol–water partition coefficient (Wildman–Crippen LogP) is 5.29. The summed E-state index contributed by atoms with van der Waals surface area (Å²) in [6.45, 7) is 0. The number of imidazole rings is 1. The van der Waals surface area contributed by atoms with Crippen molar-refractivity contribution in [3.8, 4) is 11.4 Å². The van der Waals surface area contributed by atoms with Gasteiger partial charge in [0.15, 0.2) is 5.82 Å². The third-order valence-corrected chi connectivity index (χ3v) is 5.75. The number of benzene rings is 2. The van der Waals surface area contributed by atoms with E-state index in [-0.39, 0.29) is 5.91 Å². The highest BCUT2D eigenvalue weighted by atomic mass is 35.5. The molecule has 5 rings (SSSR count). The van der Waals surface area contributed by atoms with E-state index in [2.05, 4.69) is 30.9 Å². The molecule has 3 heterocycles. The van der Waals surface area contributed by atoms with Gasteiger partial charge in [0.05, 0.1) is 11.9 Å². The van der Waals surface area contributed by atoms with Crippen LogP contribution in [0.2, 0.25) is 5.02 Å². The zero-order valence-electron chi connectivity index (χ0n) is 18.0. The van der Waals surface area contributed by atoms with Gasteiger partial charge in [-0.25, -0.2) is 9.97 Å². The maximum Gasteiger partial charge on any atom is 0.229 e. The fourth-order valence-corrected chi connectivity index (χ4v) is 3.97. The van der Waals surface area contributed by atoms with Gasteiger partial charge in [-0.1, -0.05) is 23.7 Å². The van der Waals surface area contributed by atoms with Gasteiger partial charge in [0.1, 0.15) is 10.8 Å². The Labute approximate surface area is 196 Å². The Morgan fingerprint density at radius 1 is 1.09 bits per heavy atom. The molecule has 0 bridgehead atoms. The van der Waals surface area contributed by atoms with Crippen LogP contribution in [-0.4, -0.2) is 25.4 Å². The number of hydrogen-bond acceptors (Lipinski definition) is 6. The number of nitrogens with one attached hydrogen (secondary N) is 3. The van der Waals surface area contributed by atoms with Gasteiger partial charge in [0.2, 0.25) is 11.9 Å². The number of aryl methyl sites for hydroxylation is 2. The van der Waals surface area contributed by atoms with Crippen LogP contribution in [-0.2, 0) is 18.3 Å². The molecule has 0 saturated carbocycles. The lowest BCUT2D eigenvalue weighted by Gasteiger charge is -2.14. The molecule has 4 aromatic rings. The number of carbonyl (C=O) groups excluding carboxylic acids is 1. The third-order valence-electron chi connectivity index (χ3n) is 5.47. The molecular formula is C24H22ClN7O. The lowest BCUT2D eigenvalue weighted by Crippen LogP contribution is -2.09. The van der Waals surface area contributed by atoms with Gasteiger partial charge in [-0.05, 0) is 48.7 Å². The minimum absolute atomic E-state index is 0.0528. The van der Waals surface area contributed by atoms with Crippen molar-refractivity contribution in [2.75, 3.05) is 16.0 Å². The molecule has 0 spiro atoms. The Morgan fingerprint density at radius 3 is 2.82 bits per heavy atom. The van der Waals surface area contributed by atoms with Crippen molar-refractivity contribution in [2.24, 2.45) is 7.05 Å². The van der Waals surface area contributed by atoms with Crippen molar-refractivity contribution in [2.45, 2.75) is 19.3 Å². The van der Waals surface area contributed by atoms with Crippen LogP contribution in [0.5, 0.6) is 0 Å². The van der Waals surface area contributed by atoms with E-state index < -0.39 is 0 Å². The number of halogens is 1. The van der Waals surface area contributed by atoms with E-state index in [1.807, 2.05) is 60.3 Å². The molecule has 0 radical (unpaired) electrons. The molecule has 0 saturated heterocycles. The summed E-state index contributed by atoms with van der Waals surface area (Å²) in [7, 11) is 1.95. The van der Waals surface area contributed by atoms with Gasteiger partial charge >= 0.3 is 0 Å². The number of rotatable bonds is 5. The van der Waals surface area contributed by atoms with Crippen molar-refractivity contribution in [1.29, 1.82) is 0 Å². The highest BCUT2D eigenvalue weighted by molar-refractivity contribution is 6.33. The molecule has 0 unspecified atom stereocenters. The summed E-state index contributed by atoms with van der Waals surface area (Å²) in [6, 6.07) is 13.7. The smallest absolute Gasteiger partial charge is 0.229 e. The number of para-hydroxylation sites is 1. The minimum Gasteiger partial charge on any atom is -0.338 e. The van der Waals surface area contributed by atoms with Crippen LogP contribution in [0, 0.1) is 0 Å². The Bertz CT molecular complexity index is 1330. The normalized spacial score (nSPS) is 13.1. The quantitative estimate of drug-likeness (QED) is 0.375. The average Bonchev–Trinajstić information content (AvgIpc) is 3.14. The molecule has 33 heavy (non-hydrogen) atoms. The highest BCUT2D eigenvalue weighted by Crippen LogP contribution is 2.32. The van der Waals surface area contributed by atoms with E-state index in [4.69, 9.17) is 11.6 Å². The fourth-order valence-electron chi connectivity index (χ4n) is 3.84. The molecule has 2 aromatic heterocycles. The van der Waals surface area contributed by atoms with Crippen molar-refractivity contribution >= 4 is 46.3 Å². The molecule has 0 aliphatic carbocycles. The van der Waals surface area contributed by atoms with E-state index >= 15 is 0 Å². The van der Waals surface area contributed by atoms with Gasteiger partial charge in [-0.3, -0.25) is 4.79 Å². The number of hydrogen-bond donors (Lipinski definition) is 3. The van der Waals surface area contributed by atoms with Crippen LogP contribution in [0.25, 0.3) is 11.4 Å². The molecule has 9 heteroatoms. The maximum atomic E-state index is 11.8. The van der Waals surface area contributed by atoms with Crippen molar-refractivity contribution in [3.63, 3.8) is 0 Å². The van der Waals surface area contributed by atoms with Gasteiger partial charge in [-0.15, -0.1) is 0 Å². The molecular weight excluding hydrogens is 438 g/mol. The second-order valence-corrected chi connectivity index (χ2v) is 8.23. The Balaban J connectivity index is 1.41. The van der Waals surface area contributed by atoms with Crippen LogP contribution in [0.3, 0.4) is 0 Å². The summed E-state index contributed by atoms with van der Waals surface area (Å²) in [5, 5.41) is 9.91. The predicted molar refractivity (Wildman–Crippen MR) is 130 cm³/mol. The standard InChI is InChI=1S/C24H22ClN7O/c1-32-12-11-26-23(32)17-6-2-3-7-20(17)30-22-18(25)14-27-24(31-22)28-16-9-10-19-15(13-16)5-4-8-21(33)29-19/h2-3,6-7,9-14H,4-5,8H2,1H3,(H,29,33)(H2,27,28,30,31). The van der Waals surface area contributed by atoms with Gasteiger partial charge in [0, 0.05) is 42.8 Å². The zero-order chi connectivity index (χ0) is 22.8. The number of nitrogens with zero attached hydrogens (tertiary/aromatic N) is 4. The van der Waals surface area contributed by atoms with E-state index in [0.29, 0.717) is 23.2 Å². The second kappa shape index (κ2) is 8.91. The molecule has 2 aromatic carbocycles. The molecule has 3 N–H and O–H groups in total. The number of amides is 1. The van der Waals surface area contributed by atoms with Crippen molar-refractivity contribution in [3.05, 3.63) is 71.6 Å². The number of fused-ring (bicyclic) bond motifs is 1. The van der Waals surface area contributed by atoms with Crippen LogP contribution in [0.4, 0.5) is 28.8 Å². The van der Waals surface area contributed by atoms with E-state index in [1.54, 1.807) is 12.4 Å². The third kappa shape index (κ3) is 4.51. The van der Waals surface area contributed by atoms with Crippen LogP contribution < -0.4 is 16.0 Å². The Hall–Kier alpha value is -3.91. The Morgan fingerprint density at radius 2 is 1.97 bits per heavy atom. The van der Waals surface area contributed by atoms with Gasteiger partial charge in [-0.2, -0.15) is 4.98 Å². The fraction of sp³-hybridized carbons (Fsp3) is 0.167. The molecule has 1 aliphatic heterocycles. The van der Waals surface area contributed by atoms with Gasteiger partial charge < -0.3 is 20.5 Å². The first-order valence-electron chi connectivity index (χ1n) is 10.6. The summed E-state index contributed by atoms with van der Waals surface area (Å²) < 4.78 is 1.95. The SMILES string of the molecule is Cn1ccnc1-c1ccccc1Nc1nc(Nc2ccc3c(c2)CCCC(=O)N3)ncc1Cl. The van der Waals surface area contributed by atoms with Crippen LogP contribution in [0.1, 0.15) is 18.4 Å². The summed E-state index contributed by atoms with van der Waals surface area (Å²) >= 11 is 6.41. The average molecular weight is 460 g/mol. The first-order valence-corrected chi connectivity index (χ1v) is 11.0. The van der Waals surface area contributed by atoms with E-state index in [0.717, 1.165) is 46.9 Å². The summed E-state index contributed by atoms with van der Waals surface area (Å²) in [4.78, 5) is 25.1. The lowest BCUT2D eigenvalue weighted by atomic mass is 10.1. The van der Waals surface area contributed by atoms with Gasteiger partial charge in [0.25, 0.3) is 0 Å². The number of aromatic nitrogens is 4. The largest absolute Gasteiger partial charge is 0.338 e. The van der Waals surface area contributed by atoms with E-state index in [1.165, 1.54) is 0 Å². The van der Waals surface area contributed by atoms with Crippen LogP contribution >= 0.6 is 11.6 Å². The highest BCUT2D eigenvalue weighted by Gasteiger charge is 2.15. The first-order chi connectivity index (χ1) is 16.1. The zero-order valence-corrected chi connectivity index (χ0v) is 18.7. The molecule has 1 aliphatic rings. The van der Waals surface area contributed by atoms with E-state index in [9.17, 15) is 4.79 Å². The summed E-state index contributed by atoms with van der Waals surface area (Å²) in [5.41, 5.74) is 4.54. The minimum atomic E-state index is 0.0528. The molecule has 1 amide bonds. The topological polar surface area (TPSA) is 96.8 Å². The molecule has 0 fully saturated rings. The maximum absolute atomic E-state index is 11.8. The van der Waals surface area contributed by atoms with Crippen molar-refractivity contribution in [1.82, 2.24) is 19.5 Å². The summed E-state index contributed by atoms with van der Waals surface area (Å²) in [6.07, 6.45) is 7.42. The molecule has 166 valence electrons. The van der Waals surface area contributed by atoms with Crippen molar-refractivity contribution < 1.29 is 4.79 Å². The number of carbonyl (C=O) groups is 1. The monoisotopic (exact) mass is 459 g/mol. The van der Waals surface area contributed by atoms with Crippen LogP contribution in [0.15, 0.2) is 61.1 Å². The first kappa shape index (κ1) is 21.0. The number of anilines is 5. The summed E-state index contributed by atoms with van der Waals surface area (Å²) in [5.74, 6) is 1.78.